The van der Waals surface area contributed by atoms with E-state index in [1.807, 2.05) is 49.4 Å². The molecule has 2 N–H and O–H groups in total. The zero-order valence-electron chi connectivity index (χ0n) is 23.9. The van der Waals surface area contributed by atoms with Crippen LogP contribution in [0.25, 0.3) is 16.8 Å². The topological polar surface area (TPSA) is 116 Å². The van der Waals surface area contributed by atoms with Crippen LogP contribution in [0.3, 0.4) is 0 Å². The van der Waals surface area contributed by atoms with Gasteiger partial charge in [-0.3, -0.25) is 14.1 Å². The molecule has 0 unspecified atom stereocenters. The number of hydrogen-bond donors (Lipinski definition) is 2. The summed E-state index contributed by atoms with van der Waals surface area (Å²) in [4.78, 5) is 9.19. The lowest BCUT2D eigenvalue weighted by atomic mass is 10.1. The number of β-amino-alcohol motifs (C(OH)–C–C–N with tert-alkyl or cyclic N) is 1. The van der Waals surface area contributed by atoms with Crippen LogP contribution in [0.15, 0.2) is 60.8 Å². The Kier molecular flexibility index (Phi) is 8.45. The number of para-hydroxylation sites is 1. The van der Waals surface area contributed by atoms with Crippen molar-refractivity contribution in [1.82, 2.24) is 24.4 Å². The molecule has 0 aliphatic carbocycles. The van der Waals surface area contributed by atoms with Crippen LogP contribution < -0.4 is 14.4 Å². The lowest BCUT2D eigenvalue weighted by molar-refractivity contribution is 0.0780. The van der Waals surface area contributed by atoms with Crippen LogP contribution in [0, 0.1) is 0 Å². The number of aromatic nitrogens is 3. The van der Waals surface area contributed by atoms with E-state index in [0.29, 0.717) is 23.9 Å². The summed E-state index contributed by atoms with van der Waals surface area (Å²) in [7, 11) is -0.266. The third-order valence-electron chi connectivity index (χ3n) is 7.32. The van der Waals surface area contributed by atoms with Crippen molar-refractivity contribution in [3.8, 4) is 17.0 Å². The van der Waals surface area contributed by atoms with Crippen molar-refractivity contribution in [3.05, 3.63) is 66.4 Å². The fourth-order valence-electron chi connectivity index (χ4n) is 5.13. The number of benzene rings is 2. The van der Waals surface area contributed by atoms with Gasteiger partial charge in [0.1, 0.15) is 5.75 Å². The highest BCUT2D eigenvalue weighted by Crippen LogP contribution is 2.33. The van der Waals surface area contributed by atoms with E-state index in [4.69, 9.17) is 9.84 Å². The molecule has 0 bridgehead atoms. The maximum atomic E-state index is 12.3. The molecule has 0 spiro atoms. The Labute approximate surface area is 241 Å². The minimum Gasteiger partial charge on any atom is -0.495 e. The molecule has 1 saturated heterocycles. The van der Waals surface area contributed by atoms with Gasteiger partial charge < -0.3 is 15.2 Å². The van der Waals surface area contributed by atoms with Crippen molar-refractivity contribution in [3.63, 3.8) is 0 Å². The van der Waals surface area contributed by atoms with Gasteiger partial charge in [-0.1, -0.05) is 24.3 Å². The fourth-order valence-corrected chi connectivity index (χ4v) is 5.64. The molecule has 2 aromatic heterocycles. The van der Waals surface area contributed by atoms with Crippen molar-refractivity contribution < 1.29 is 18.3 Å². The highest BCUT2D eigenvalue weighted by Gasteiger charge is 2.20. The number of piperazine rings is 1. The van der Waals surface area contributed by atoms with E-state index in [2.05, 4.69) is 26.2 Å². The van der Waals surface area contributed by atoms with E-state index in [0.717, 1.165) is 60.7 Å². The van der Waals surface area contributed by atoms with Gasteiger partial charge in [-0.05, 0) is 42.8 Å². The van der Waals surface area contributed by atoms with Crippen LogP contribution >= 0.6 is 0 Å². The minimum absolute atomic E-state index is 0.308. The van der Waals surface area contributed by atoms with Crippen LogP contribution in [0.1, 0.15) is 12.5 Å². The second-order valence-corrected chi connectivity index (χ2v) is 12.5. The molecule has 0 amide bonds. The predicted octanol–water partition coefficient (Wildman–Crippen LogP) is 3.04. The number of fused-ring (bicyclic) bond motifs is 1. The van der Waals surface area contributed by atoms with Gasteiger partial charge in [0.2, 0.25) is 16.0 Å². The van der Waals surface area contributed by atoms with Gasteiger partial charge in [0.05, 0.1) is 48.3 Å². The SMILES string of the molecule is COc1cc(CN2CCN(C[C@H](C)O)CC2)ccc1Nc1ncc2ccc(-c3ccccc3N(C)S(C)(=O)=O)n2n1. The van der Waals surface area contributed by atoms with Gasteiger partial charge in [0.25, 0.3) is 0 Å². The molecule has 4 aromatic rings. The van der Waals surface area contributed by atoms with Gasteiger partial charge in [0.15, 0.2) is 0 Å². The first kappa shape index (κ1) is 28.8. The Morgan fingerprint density at radius 3 is 2.51 bits per heavy atom. The molecular weight excluding hydrogens is 542 g/mol. The van der Waals surface area contributed by atoms with Crippen molar-refractivity contribution >= 4 is 32.9 Å². The number of sulfonamides is 1. The third-order valence-corrected chi connectivity index (χ3v) is 8.51. The van der Waals surface area contributed by atoms with Crippen molar-refractivity contribution in [2.75, 3.05) is 62.8 Å². The molecule has 3 heterocycles. The first-order chi connectivity index (χ1) is 19.6. The van der Waals surface area contributed by atoms with Crippen molar-refractivity contribution in [1.29, 1.82) is 0 Å². The highest BCUT2D eigenvalue weighted by molar-refractivity contribution is 7.92. The average Bonchev–Trinajstić information content (AvgIpc) is 3.37. The van der Waals surface area contributed by atoms with Gasteiger partial charge in [-0.25, -0.2) is 17.9 Å². The lowest BCUT2D eigenvalue weighted by Crippen LogP contribution is -2.47. The normalized spacial score (nSPS) is 15.6. The maximum Gasteiger partial charge on any atom is 0.245 e. The van der Waals surface area contributed by atoms with Crippen LogP contribution in [0.5, 0.6) is 5.75 Å². The summed E-state index contributed by atoms with van der Waals surface area (Å²) in [6.45, 7) is 7.14. The first-order valence-electron chi connectivity index (χ1n) is 13.6. The summed E-state index contributed by atoms with van der Waals surface area (Å²) in [5.41, 5.74) is 4.70. The molecule has 5 rings (SSSR count). The quantitative estimate of drug-likeness (QED) is 0.293. The molecule has 1 atom stereocenters. The Morgan fingerprint density at radius 2 is 1.80 bits per heavy atom. The molecular formula is C29H37N7O4S. The smallest absolute Gasteiger partial charge is 0.245 e. The Bertz CT molecular complexity index is 1610. The number of aliphatic hydroxyl groups is 1. The van der Waals surface area contributed by atoms with E-state index < -0.39 is 10.0 Å². The summed E-state index contributed by atoms with van der Waals surface area (Å²) in [5, 5.41) is 17.7. The van der Waals surface area contributed by atoms with Crippen LogP contribution in [-0.4, -0.2) is 97.2 Å². The molecule has 1 aliphatic rings. The van der Waals surface area contributed by atoms with Gasteiger partial charge in [0, 0.05) is 51.9 Å². The van der Waals surface area contributed by atoms with Crippen LogP contribution in [0.4, 0.5) is 17.3 Å². The minimum atomic E-state index is -3.45. The fraction of sp³-hybridized carbons (Fsp3) is 0.379. The molecule has 12 heteroatoms. The highest BCUT2D eigenvalue weighted by atomic mass is 32.2. The van der Waals surface area contributed by atoms with Crippen molar-refractivity contribution in [2.45, 2.75) is 19.6 Å². The molecule has 41 heavy (non-hydrogen) atoms. The number of aliphatic hydroxyl groups excluding tert-OH is 1. The largest absolute Gasteiger partial charge is 0.495 e. The van der Waals surface area contributed by atoms with Gasteiger partial charge in [-0.15, -0.1) is 5.10 Å². The molecule has 1 aliphatic heterocycles. The molecule has 0 radical (unpaired) electrons. The summed E-state index contributed by atoms with van der Waals surface area (Å²) in [6.07, 6.45) is 2.60. The molecule has 2 aromatic carbocycles. The first-order valence-corrected chi connectivity index (χ1v) is 15.4. The zero-order chi connectivity index (χ0) is 29.1. The Hall–Kier alpha value is -3.71. The number of nitrogens with zero attached hydrogens (tertiary/aromatic N) is 6. The monoisotopic (exact) mass is 579 g/mol. The van der Waals surface area contributed by atoms with Crippen molar-refractivity contribution in [2.24, 2.45) is 0 Å². The second-order valence-electron chi connectivity index (χ2n) is 10.5. The Balaban J connectivity index is 1.35. The van der Waals surface area contributed by atoms with E-state index in [1.165, 1.54) is 10.6 Å². The van der Waals surface area contributed by atoms with E-state index in [1.54, 1.807) is 30.9 Å². The van der Waals surface area contributed by atoms with Crippen LogP contribution in [-0.2, 0) is 16.6 Å². The van der Waals surface area contributed by atoms with Crippen LogP contribution in [0.2, 0.25) is 0 Å². The third kappa shape index (κ3) is 6.62. The summed E-state index contributed by atoms with van der Waals surface area (Å²) in [5.74, 6) is 1.07. The molecule has 11 nitrogen and oxygen atoms in total. The van der Waals surface area contributed by atoms with Gasteiger partial charge >= 0.3 is 0 Å². The number of anilines is 3. The average molecular weight is 580 g/mol. The number of rotatable bonds is 10. The maximum absolute atomic E-state index is 12.3. The number of hydrogen-bond acceptors (Lipinski definition) is 9. The summed E-state index contributed by atoms with van der Waals surface area (Å²) < 4.78 is 33.3. The number of ether oxygens (including phenoxy) is 1. The Morgan fingerprint density at radius 1 is 1.07 bits per heavy atom. The van der Waals surface area contributed by atoms with E-state index in [9.17, 15) is 13.5 Å². The van der Waals surface area contributed by atoms with E-state index >= 15 is 0 Å². The number of methoxy groups -OCH3 is 1. The van der Waals surface area contributed by atoms with E-state index in [-0.39, 0.29) is 6.10 Å². The number of nitrogens with one attached hydrogen (secondary N) is 1. The molecule has 0 saturated carbocycles. The lowest BCUT2D eigenvalue weighted by Gasteiger charge is -2.35. The summed E-state index contributed by atoms with van der Waals surface area (Å²) >= 11 is 0. The molecule has 218 valence electrons. The van der Waals surface area contributed by atoms with Gasteiger partial charge in [-0.2, -0.15) is 0 Å². The standard InChI is InChI=1S/C29H37N7O4S/c1-21(37)19-34-13-15-35(16-14-34)20-22-9-11-25(28(17-22)40-3)31-29-30-18-23-10-12-27(36(23)32-29)24-7-5-6-8-26(24)33(2)41(4,38)39/h5-12,17-18,21,37H,13-16,19-20H2,1-4H3,(H,31,32)/t21-/m0/s1. The summed E-state index contributed by atoms with van der Waals surface area (Å²) in [6, 6.07) is 17.2. The zero-order valence-corrected chi connectivity index (χ0v) is 24.7. The second kappa shape index (κ2) is 12.0. The predicted molar refractivity (Wildman–Crippen MR) is 161 cm³/mol. The molecule has 1 fully saturated rings.